The Morgan fingerprint density at radius 2 is 1.85 bits per heavy atom. The molecule has 17 nitrogen and oxygen atoms in total. The Hall–Kier alpha value is -4.59. The van der Waals surface area contributed by atoms with Crippen molar-refractivity contribution in [1.29, 1.82) is 5.26 Å². The predicted octanol–water partition coefficient (Wildman–Crippen LogP) is 2.16. The highest BCUT2D eigenvalue weighted by atomic mass is 31.2. The lowest BCUT2D eigenvalue weighted by molar-refractivity contribution is -0.174. The van der Waals surface area contributed by atoms with Gasteiger partial charge in [-0.15, -0.1) is 0 Å². The van der Waals surface area contributed by atoms with Gasteiger partial charge in [0.2, 0.25) is 11.2 Å². The quantitative estimate of drug-likeness (QED) is 0.168. The summed E-state index contributed by atoms with van der Waals surface area (Å²) in [5, 5.41) is 17.4. The molecule has 3 aliphatic rings. The van der Waals surface area contributed by atoms with E-state index in [4.69, 9.17) is 38.5 Å². The zero-order valence-corrected chi connectivity index (χ0v) is 27.0. The molecule has 1 aliphatic carbocycles. The van der Waals surface area contributed by atoms with Crippen LogP contribution in [0.1, 0.15) is 45.4 Å². The number of nitrogens with one attached hydrogen (secondary N) is 1. The lowest BCUT2D eigenvalue weighted by Crippen LogP contribution is -2.43. The predicted molar refractivity (Wildman–Crippen MR) is 162 cm³/mol. The van der Waals surface area contributed by atoms with E-state index in [1.54, 1.807) is 30.3 Å². The van der Waals surface area contributed by atoms with Gasteiger partial charge in [0, 0.05) is 26.7 Å². The lowest BCUT2D eigenvalue weighted by atomic mass is 10.0. The van der Waals surface area contributed by atoms with E-state index in [2.05, 4.69) is 15.2 Å². The number of fused-ring (bicyclic) bond motifs is 2. The van der Waals surface area contributed by atoms with Gasteiger partial charge in [-0.3, -0.25) is 18.9 Å². The molecule has 0 spiro atoms. The molecule has 0 amide bonds. The van der Waals surface area contributed by atoms with E-state index >= 15 is 0 Å². The highest BCUT2D eigenvalue weighted by Gasteiger charge is 2.95. The molecule has 0 radical (unpaired) electrons. The van der Waals surface area contributed by atoms with Crippen LogP contribution < -0.4 is 15.3 Å². The summed E-state index contributed by atoms with van der Waals surface area (Å²) in [6.45, 7) is 4.46. The number of anilines is 1. The molecule has 254 valence electrons. The van der Waals surface area contributed by atoms with Crippen molar-refractivity contribution < 1.29 is 51.7 Å². The molecule has 48 heavy (non-hydrogen) atoms. The molecule has 4 heterocycles. The van der Waals surface area contributed by atoms with Crippen molar-refractivity contribution in [2.24, 2.45) is 0 Å². The van der Waals surface area contributed by atoms with E-state index in [1.807, 2.05) is 6.07 Å². The molecular weight excluding hydrogens is 651 g/mol. The van der Waals surface area contributed by atoms with Crippen LogP contribution in [0.3, 0.4) is 0 Å². The van der Waals surface area contributed by atoms with Crippen molar-refractivity contribution in [3.63, 3.8) is 0 Å². The van der Waals surface area contributed by atoms with Gasteiger partial charge in [0.1, 0.15) is 41.9 Å². The fraction of sp³-hybridized carbons (Fsp3) is 0.467. The number of rotatable bonds is 11. The number of carbonyl (C=O) groups is 3. The first kappa shape index (κ1) is 33.3. The standard InChI is InChI=1S/C30H33N6O11P/c1-17(27(39)43-20-11-13-41-14-12-20)35-48(40,46-21-7-5-4-6-8-21)47-28-29(15-31)30(28,44-19(3)38)25(42-18(2)37)24(45-29)22-9-10-23-26(32)33-16-34-36(22)23/h4-10,16-17,20,24-25,28H,11-14H2,1-3H3,(H,35,40)(H2,32,33,34)/t17-,24-,25-,28?,29+,30+,48-/m0/s1. The van der Waals surface area contributed by atoms with E-state index in [1.165, 1.54) is 29.9 Å². The largest absolute Gasteiger partial charge is 0.461 e. The van der Waals surface area contributed by atoms with Gasteiger partial charge in [0.15, 0.2) is 18.0 Å². The van der Waals surface area contributed by atoms with Crippen LogP contribution >= 0.6 is 7.75 Å². The summed E-state index contributed by atoms with van der Waals surface area (Å²) in [6, 6.07) is 11.9. The number of hydrogen-bond acceptors (Lipinski definition) is 15. The smallest absolute Gasteiger partial charge is 0.460 e. The summed E-state index contributed by atoms with van der Waals surface area (Å²) in [5.74, 6) is -2.19. The van der Waals surface area contributed by atoms with E-state index in [0.29, 0.717) is 31.6 Å². The third-order valence-corrected chi connectivity index (χ3v) is 9.85. The number of nitrogens with two attached hydrogens (primary N) is 1. The minimum atomic E-state index is -4.66. The molecule has 2 saturated heterocycles. The molecule has 2 aromatic heterocycles. The zero-order valence-electron chi connectivity index (χ0n) is 26.1. The Kier molecular flexibility index (Phi) is 8.88. The number of nitriles is 1. The van der Waals surface area contributed by atoms with Crippen molar-refractivity contribution in [3.8, 4) is 11.8 Å². The molecule has 1 saturated carbocycles. The summed E-state index contributed by atoms with van der Waals surface area (Å²) in [7, 11) is -4.66. The van der Waals surface area contributed by atoms with Gasteiger partial charge in [-0.05, 0) is 31.2 Å². The maximum Gasteiger partial charge on any atom is 0.460 e. The SMILES string of the molecule is CC(=O)O[C@H]1[C@H](c2ccc3c(N)ncnn23)O[C@]2(C#N)C(O[P@](=O)(N[C@@H](C)C(=O)OC3CCOCC3)Oc3ccccc3)[C@]12OC(C)=O. The summed E-state index contributed by atoms with van der Waals surface area (Å²) >= 11 is 0. The molecule has 7 atom stereocenters. The van der Waals surface area contributed by atoms with E-state index in [0.717, 1.165) is 13.8 Å². The number of esters is 3. The molecule has 3 N–H and O–H groups in total. The summed E-state index contributed by atoms with van der Waals surface area (Å²) < 4.78 is 56.4. The lowest BCUT2D eigenvalue weighted by Gasteiger charge is -2.30. The van der Waals surface area contributed by atoms with Crippen molar-refractivity contribution in [1.82, 2.24) is 19.7 Å². The van der Waals surface area contributed by atoms with Crippen LogP contribution in [0.4, 0.5) is 5.82 Å². The van der Waals surface area contributed by atoms with Crippen LogP contribution in [-0.2, 0) is 47.2 Å². The number of carbonyl (C=O) groups excluding carboxylic acids is 3. The van der Waals surface area contributed by atoms with Gasteiger partial charge in [-0.2, -0.15) is 15.4 Å². The number of nitrogen functional groups attached to an aromatic ring is 1. The Labute approximate surface area is 274 Å². The Bertz CT molecular complexity index is 1810. The van der Waals surface area contributed by atoms with Gasteiger partial charge in [-0.25, -0.2) is 14.1 Å². The summed E-state index contributed by atoms with van der Waals surface area (Å²) in [4.78, 5) is 42.1. The third-order valence-electron chi connectivity index (χ3n) is 8.21. The highest BCUT2D eigenvalue weighted by molar-refractivity contribution is 7.52. The van der Waals surface area contributed by atoms with Crippen molar-refractivity contribution in [2.45, 2.75) is 75.3 Å². The maximum atomic E-state index is 14.6. The van der Waals surface area contributed by atoms with Crippen LogP contribution in [0, 0.1) is 11.3 Å². The molecule has 3 aromatic rings. The van der Waals surface area contributed by atoms with Crippen LogP contribution in [-0.4, -0.2) is 81.3 Å². The molecule has 6 rings (SSSR count). The zero-order chi connectivity index (χ0) is 34.3. The number of ether oxygens (including phenoxy) is 5. The average molecular weight is 685 g/mol. The highest BCUT2D eigenvalue weighted by Crippen LogP contribution is 2.70. The molecule has 3 fully saturated rings. The first-order valence-corrected chi connectivity index (χ1v) is 16.6. The second kappa shape index (κ2) is 12.8. The van der Waals surface area contributed by atoms with Crippen molar-refractivity contribution >= 4 is 37.0 Å². The third kappa shape index (κ3) is 5.86. The molecule has 1 aromatic carbocycles. The van der Waals surface area contributed by atoms with Crippen LogP contribution in [0.2, 0.25) is 0 Å². The molecule has 18 heteroatoms. The monoisotopic (exact) mass is 684 g/mol. The number of aromatic nitrogens is 3. The number of nitrogens with zero attached hydrogens (tertiary/aromatic N) is 4. The van der Waals surface area contributed by atoms with E-state index < -0.39 is 67.3 Å². The van der Waals surface area contributed by atoms with Crippen LogP contribution in [0.15, 0.2) is 48.8 Å². The first-order chi connectivity index (χ1) is 22.9. The van der Waals surface area contributed by atoms with Gasteiger partial charge < -0.3 is 33.9 Å². The topological polar surface area (TPSA) is 225 Å². The minimum absolute atomic E-state index is 0.0870. The summed E-state index contributed by atoms with van der Waals surface area (Å²) in [5.41, 5.74) is 2.36. The van der Waals surface area contributed by atoms with Gasteiger partial charge in [-0.1, -0.05) is 18.2 Å². The van der Waals surface area contributed by atoms with Gasteiger partial charge in [0.05, 0.1) is 18.9 Å². The van der Waals surface area contributed by atoms with Gasteiger partial charge in [0.25, 0.3) is 0 Å². The molecule has 2 aliphatic heterocycles. The van der Waals surface area contributed by atoms with Crippen molar-refractivity contribution in [2.75, 3.05) is 18.9 Å². The second-order valence-electron chi connectivity index (χ2n) is 11.5. The second-order valence-corrected chi connectivity index (χ2v) is 13.1. The van der Waals surface area contributed by atoms with E-state index in [-0.39, 0.29) is 17.3 Å². The van der Waals surface area contributed by atoms with Crippen LogP contribution in [0.5, 0.6) is 5.75 Å². The van der Waals surface area contributed by atoms with Crippen molar-refractivity contribution in [3.05, 3.63) is 54.5 Å². The Morgan fingerprint density at radius 3 is 2.52 bits per heavy atom. The summed E-state index contributed by atoms with van der Waals surface area (Å²) in [6.07, 6.45) is -2.62. The fourth-order valence-electron chi connectivity index (χ4n) is 6.08. The number of benzene rings is 1. The molecule has 1 unspecified atom stereocenters. The van der Waals surface area contributed by atoms with Crippen LogP contribution in [0.25, 0.3) is 5.52 Å². The van der Waals surface area contributed by atoms with E-state index in [9.17, 15) is 24.2 Å². The maximum absolute atomic E-state index is 14.6. The minimum Gasteiger partial charge on any atom is -0.461 e. The average Bonchev–Trinajstić information content (AvgIpc) is 3.29. The molecular formula is C30H33N6O11P. The molecule has 0 bridgehead atoms. The van der Waals surface area contributed by atoms with Gasteiger partial charge >= 0.3 is 25.7 Å². The normalized spacial score (nSPS) is 28.3. The number of hydrogen-bond donors (Lipinski definition) is 2. The Balaban J connectivity index is 1.36. The fourth-order valence-corrected chi connectivity index (χ4v) is 7.80. The number of para-hydroxylation sites is 1. The Morgan fingerprint density at radius 1 is 1.12 bits per heavy atom. The first-order valence-electron chi connectivity index (χ1n) is 15.1.